The molecule has 1 saturated carbocycles. The molecule has 1 aliphatic rings. The van der Waals surface area contributed by atoms with E-state index >= 15 is 0 Å². The van der Waals surface area contributed by atoms with Crippen molar-refractivity contribution in [1.29, 1.82) is 0 Å². The van der Waals surface area contributed by atoms with E-state index in [9.17, 15) is 9.59 Å². The van der Waals surface area contributed by atoms with E-state index in [1.807, 2.05) is 73.3 Å². The summed E-state index contributed by atoms with van der Waals surface area (Å²) >= 11 is 0. The van der Waals surface area contributed by atoms with Crippen LogP contribution in [0.25, 0.3) is 10.9 Å². The molecule has 0 spiro atoms. The van der Waals surface area contributed by atoms with Gasteiger partial charge in [-0.15, -0.1) is 0 Å². The van der Waals surface area contributed by atoms with Gasteiger partial charge in [-0.05, 0) is 44.4 Å². The molecule has 1 atom stereocenters. The Morgan fingerprint density at radius 3 is 2.52 bits per heavy atom. The van der Waals surface area contributed by atoms with Gasteiger partial charge in [-0.3, -0.25) is 14.2 Å². The molecule has 0 aliphatic heterocycles. The maximum absolute atomic E-state index is 13.5. The molecule has 1 aromatic heterocycles. The van der Waals surface area contributed by atoms with E-state index in [2.05, 4.69) is 0 Å². The van der Waals surface area contributed by atoms with Gasteiger partial charge in [0, 0.05) is 12.6 Å². The van der Waals surface area contributed by atoms with Gasteiger partial charge in [-0.25, -0.2) is 4.98 Å². The first-order valence-corrected chi connectivity index (χ1v) is 12.0. The minimum atomic E-state index is -0.321. The Balaban J connectivity index is 1.62. The highest BCUT2D eigenvalue weighted by atomic mass is 16.5. The molecule has 0 radical (unpaired) electrons. The highest BCUT2D eigenvalue weighted by molar-refractivity contribution is 5.79. The fourth-order valence-corrected chi connectivity index (χ4v) is 4.93. The van der Waals surface area contributed by atoms with E-state index in [4.69, 9.17) is 9.72 Å². The standard InChI is InChI=1S/C27H33N3O3/c1-3-29-26(28-24-17-11-10-16-23(24)27(29)32)20(2)30(22-14-8-5-9-15-22)25(31)19-33-18-21-12-6-4-7-13-21/h4,6-7,10-13,16-17,20,22H,3,5,8-9,14-15,18-19H2,1-2H3. The second kappa shape index (κ2) is 10.8. The third-order valence-electron chi connectivity index (χ3n) is 6.59. The Labute approximate surface area is 195 Å². The van der Waals surface area contributed by atoms with E-state index in [0.717, 1.165) is 31.2 Å². The smallest absolute Gasteiger partial charge is 0.261 e. The van der Waals surface area contributed by atoms with Crippen LogP contribution in [0, 0.1) is 0 Å². The molecule has 6 nitrogen and oxygen atoms in total. The average molecular weight is 448 g/mol. The topological polar surface area (TPSA) is 64.4 Å². The average Bonchev–Trinajstić information content (AvgIpc) is 2.85. The quantitative estimate of drug-likeness (QED) is 0.495. The molecule has 33 heavy (non-hydrogen) atoms. The maximum Gasteiger partial charge on any atom is 0.261 e. The SMILES string of the molecule is CCn1c(C(C)N(C(=O)COCc2ccccc2)C2CCCCC2)nc2ccccc2c1=O. The van der Waals surface area contributed by atoms with E-state index in [1.54, 1.807) is 4.57 Å². The number of rotatable bonds is 8. The molecule has 2 aromatic carbocycles. The molecular weight excluding hydrogens is 414 g/mol. The lowest BCUT2D eigenvalue weighted by Crippen LogP contribution is -2.46. The minimum absolute atomic E-state index is 0.0136. The Hall–Kier alpha value is -2.99. The number of ether oxygens (including phenoxy) is 1. The maximum atomic E-state index is 13.5. The number of benzene rings is 2. The lowest BCUT2D eigenvalue weighted by Gasteiger charge is -2.39. The van der Waals surface area contributed by atoms with E-state index in [-0.39, 0.29) is 30.2 Å². The first-order valence-electron chi connectivity index (χ1n) is 12.0. The number of fused-ring (bicyclic) bond motifs is 1. The fraction of sp³-hybridized carbons (Fsp3) is 0.444. The van der Waals surface area contributed by atoms with Crippen molar-refractivity contribution in [1.82, 2.24) is 14.5 Å². The van der Waals surface area contributed by atoms with Gasteiger partial charge in [-0.1, -0.05) is 61.7 Å². The van der Waals surface area contributed by atoms with Crippen LogP contribution in [0.5, 0.6) is 0 Å². The minimum Gasteiger partial charge on any atom is -0.367 e. The van der Waals surface area contributed by atoms with Gasteiger partial charge in [0.25, 0.3) is 5.56 Å². The molecule has 0 bridgehead atoms. The Morgan fingerprint density at radius 2 is 1.79 bits per heavy atom. The molecule has 1 heterocycles. The second-order valence-corrected chi connectivity index (χ2v) is 8.78. The zero-order valence-electron chi connectivity index (χ0n) is 19.6. The summed E-state index contributed by atoms with van der Waals surface area (Å²) in [7, 11) is 0. The van der Waals surface area contributed by atoms with Gasteiger partial charge >= 0.3 is 0 Å². The van der Waals surface area contributed by atoms with Crippen LogP contribution in [0.3, 0.4) is 0 Å². The number of hydrogen-bond donors (Lipinski definition) is 0. The van der Waals surface area contributed by atoms with Gasteiger partial charge in [-0.2, -0.15) is 0 Å². The molecule has 1 fully saturated rings. The van der Waals surface area contributed by atoms with Crippen molar-refractivity contribution in [2.75, 3.05) is 6.61 Å². The van der Waals surface area contributed by atoms with Gasteiger partial charge < -0.3 is 9.64 Å². The van der Waals surface area contributed by atoms with Crippen LogP contribution in [0.2, 0.25) is 0 Å². The zero-order valence-corrected chi connectivity index (χ0v) is 19.6. The molecule has 1 unspecified atom stereocenters. The highest BCUT2D eigenvalue weighted by Gasteiger charge is 2.32. The Bertz CT molecular complexity index is 1140. The summed E-state index contributed by atoms with van der Waals surface area (Å²) in [6.45, 7) is 4.86. The van der Waals surface area contributed by atoms with Crippen molar-refractivity contribution in [3.63, 3.8) is 0 Å². The lowest BCUT2D eigenvalue weighted by molar-refractivity contribution is -0.142. The molecule has 3 aromatic rings. The van der Waals surface area contributed by atoms with Crippen molar-refractivity contribution in [2.24, 2.45) is 0 Å². The zero-order chi connectivity index (χ0) is 23.2. The third kappa shape index (κ3) is 5.17. The van der Waals surface area contributed by atoms with E-state index in [0.29, 0.717) is 29.9 Å². The van der Waals surface area contributed by atoms with Crippen molar-refractivity contribution < 1.29 is 9.53 Å². The van der Waals surface area contributed by atoms with Crippen molar-refractivity contribution in [3.05, 3.63) is 76.3 Å². The van der Waals surface area contributed by atoms with Gasteiger partial charge in [0.2, 0.25) is 5.91 Å². The number of hydrogen-bond acceptors (Lipinski definition) is 4. The fourth-order valence-electron chi connectivity index (χ4n) is 4.93. The van der Waals surface area contributed by atoms with Crippen molar-refractivity contribution >= 4 is 16.8 Å². The van der Waals surface area contributed by atoms with Crippen LogP contribution in [-0.2, 0) is 22.7 Å². The second-order valence-electron chi connectivity index (χ2n) is 8.78. The monoisotopic (exact) mass is 447 g/mol. The molecule has 1 amide bonds. The largest absolute Gasteiger partial charge is 0.367 e. The van der Waals surface area contributed by atoms with Crippen LogP contribution in [0.15, 0.2) is 59.4 Å². The Kier molecular flexibility index (Phi) is 7.55. The highest BCUT2D eigenvalue weighted by Crippen LogP contribution is 2.30. The number of carbonyl (C=O) groups is 1. The molecular formula is C27H33N3O3. The Morgan fingerprint density at radius 1 is 1.09 bits per heavy atom. The summed E-state index contributed by atoms with van der Waals surface area (Å²) in [5, 5.41) is 0.608. The first kappa shape index (κ1) is 23.2. The van der Waals surface area contributed by atoms with E-state index < -0.39 is 0 Å². The summed E-state index contributed by atoms with van der Waals surface area (Å²) in [4.78, 5) is 33.5. The first-order chi connectivity index (χ1) is 16.1. The molecule has 174 valence electrons. The summed E-state index contributed by atoms with van der Waals surface area (Å²) in [6.07, 6.45) is 5.36. The summed E-state index contributed by atoms with van der Waals surface area (Å²) in [5.74, 6) is 0.596. The predicted octanol–water partition coefficient (Wildman–Crippen LogP) is 4.86. The van der Waals surface area contributed by atoms with Crippen molar-refractivity contribution in [3.8, 4) is 0 Å². The molecule has 6 heteroatoms. The number of para-hydroxylation sites is 1. The van der Waals surface area contributed by atoms with Gasteiger partial charge in [0.05, 0.1) is 23.6 Å². The van der Waals surface area contributed by atoms with Crippen LogP contribution in [0.1, 0.15) is 63.4 Å². The van der Waals surface area contributed by atoms with Crippen LogP contribution in [-0.4, -0.2) is 33.0 Å². The van der Waals surface area contributed by atoms with Gasteiger partial charge in [0.1, 0.15) is 12.4 Å². The molecule has 1 aliphatic carbocycles. The molecule has 0 N–H and O–H groups in total. The van der Waals surface area contributed by atoms with Crippen LogP contribution in [0.4, 0.5) is 0 Å². The predicted molar refractivity (Wildman–Crippen MR) is 130 cm³/mol. The number of amides is 1. The molecule has 0 saturated heterocycles. The number of aromatic nitrogens is 2. The normalized spacial score (nSPS) is 15.5. The van der Waals surface area contributed by atoms with Crippen molar-refractivity contribution in [2.45, 2.75) is 71.2 Å². The van der Waals surface area contributed by atoms with Crippen LogP contribution < -0.4 is 5.56 Å². The summed E-state index contributed by atoms with van der Waals surface area (Å²) in [5.41, 5.74) is 1.66. The third-order valence-corrected chi connectivity index (χ3v) is 6.59. The number of carbonyl (C=O) groups excluding carboxylic acids is 1. The molecule has 4 rings (SSSR count). The van der Waals surface area contributed by atoms with Gasteiger partial charge in [0.15, 0.2) is 0 Å². The summed E-state index contributed by atoms with van der Waals surface area (Å²) in [6, 6.07) is 17.1. The summed E-state index contributed by atoms with van der Waals surface area (Å²) < 4.78 is 7.52. The lowest BCUT2D eigenvalue weighted by atomic mass is 9.93. The van der Waals surface area contributed by atoms with E-state index in [1.165, 1.54) is 6.42 Å². The van der Waals surface area contributed by atoms with Crippen LogP contribution >= 0.6 is 0 Å². The number of nitrogens with zero attached hydrogens (tertiary/aromatic N) is 3.